The highest BCUT2D eigenvalue weighted by Crippen LogP contribution is 2.29. The number of hydrogen-bond acceptors (Lipinski definition) is 3. The Morgan fingerprint density at radius 2 is 1.75 bits per heavy atom. The molecule has 2 heterocycles. The molecule has 5 rings (SSSR count). The molecule has 1 amide bonds. The monoisotopic (exact) mass is 383 g/mol. The number of aromatic nitrogens is 2. The van der Waals surface area contributed by atoms with Gasteiger partial charge in [0.05, 0.1) is 16.8 Å². The van der Waals surface area contributed by atoms with Crippen LogP contribution in [0.5, 0.6) is 0 Å². The van der Waals surface area contributed by atoms with Crippen molar-refractivity contribution < 1.29 is 4.79 Å². The number of hydrogen-bond donors (Lipinski definition) is 2. The standard InChI is InChI=1S/C23H17N3OS/c1-14-21-12-18(5-7-22(21)26-25-14)15-2-3-17-11-20(6-4-16(17)10-15)24-23(27)19-8-9-28-13-19/h2-13H,1H3,(H,24,27)(H,25,26). The number of anilines is 1. The van der Waals surface area contributed by atoms with Gasteiger partial charge in [-0.2, -0.15) is 16.4 Å². The van der Waals surface area contributed by atoms with E-state index in [-0.39, 0.29) is 5.91 Å². The number of benzene rings is 3. The molecule has 28 heavy (non-hydrogen) atoms. The Hall–Kier alpha value is -3.44. The average Bonchev–Trinajstić information content (AvgIpc) is 3.38. The lowest BCUT2D eigenvalue weighted by Gasteiger charge is -2.08. The van der Waals surface area contributed by atoms with Gasteiger partial charge in [0.1, 0.15) is 0 Å². The summed E-state index contributed by atoms with van der Waals surface area (Å²) >= 11 is 1.52. The average molecular weight is 383 g/mol. The van der Waals surface area contributed by atoms with Crippen molar-refractivity contribution in [1.29, 1.82) is 0 Å². The van der Waals surface area contributed by atoms with Crippen molar-refractivity contribution in [3.8, 4) is 11.1 Å². The van der Waals surface area contributed by atoms with E-state index in [9.17, 15) is 4.79 Å². The minimum absolute atomic E-state index is 0.0824. The Morgan fingerprint density at radius 1 is 0.964 bits per heavy atom. The summed E-state index contributed by atoms with van der Waals surface area (Å²) in [6.07, 6.45) is 0. The largest absolute Gasteiger partial charge is 0.322 e. The molecule has 5 heteroatoms. The molecule has 3 aromatic carbocycles. The number of nitrogens with zero attached hydrogens (tertiary/aromatic N) is 1. The van der Waals surface area contributed by atoms with Gasteiger partial charge in [0, 0.05) is 16.5 Å². The lowest BCUT2D eigenvalue weighted by atomic mass is 9.99. The number of aromatic amines is 1. The summed E-state index contributed by atoms with van der Waals surface area (Å²) in [4.78, 5) is 12.3. The van der Waals surface area contributed by atoms with Gasteiger partial charge >= 0.3 is 0 Å². The topological polar surface area (TPSA) is 57.8 Å². The molecule has 0 aliphatic rings. The first-order valence-corrected chi connectivity index (χ1v) is 9.94. The molecule has 0 aliphatic carbocycles. The molecular formula is C23H17N3OS. The van der Waals surface area contributed by atoms with E-state index in [1.165, 1.54) is 11.3 Å². The SMILES string of the molecule is Cc1n[nH]c2ccc(-c3ccc4cc(NC(=O)c5ccsc5)ccc4c3)cc12. The van der Waals surface area contributed by atoms with Crippen molar-refractivity contribution in [3.63, 3.8) is 0 Å². The van der Waals surface area contributed by atoms with Crippen molar-refractivity contribution >= 4 is 44.6 Å². The maximum atomic E-state index is 12.3. The number of aryl methyl sites for hydroxylation is 1. The molecular weight excluding hydrogens is 366 g/mol. The summed E-state index contributed by atoms with van der Waals surface area (Å²) in [5, 5.41) is 17.4. The lowest BCUT2D eigenvalue weighted by molar-refractivity contribution is 0.102. The van der Waals surface area contributed by atoms with Crippen LogP contribution in [-0.2, 0) is 0 Å². The molecule has 2 aromatic heterocycles. The van der Waals surface area contributed by atoms with Crippen LogP contribution in [0, 0.1) is 6.92 Å². The van der Waals surface area contributed by atoms with E-state index in [2.05, 4.69) is 51.9 Å². The highest BCUT2D eigenvalue weighted by Gasteiger charge is 2.08. The predicted octanol–water partition coefficient (Wildman–Crippen LogP) is 6.01. The molecule has 0 unspecified atom stereocenters. The van der Waals surface area contributed by atoms with Crippen molar-refractivity contribution in [2.45, 2.75) is 6.92 Å². The number of H-pyrrole nitrogens is 1. The Labute approximate surface area is 165 Å². The Morgan fingerprint density at radius 3 is 2.61 bits per heavy atom. The summed E-state index contributed by atoms with van der Waals surface area (Å²) in [5.41, 5.74) is 5.85. The fraction of sp³-hybridized carbons (Fsp3) is 0.0435. The molecule has 0 saturated carbocycles. The molecule has 0 fully saturated rings. The van der Waals surface area contributed by atoms with Crippen molar-refractivity contribution in [2.24, 2.45) is 0 Å². The van der Waals surface area contributed by atoms with Crippen molar-refractivity contribution in [1.82, 2.24) is 10.2 Å². The molecule has 2 N–H and O–H groups in total. The third-order valence-electron chi connectivity index (χ3n) is 4.97. The van der Waals surface area contributed by atoms with Crippen LogP contribution in [0.15, 0.2) is 71.4 Å². The van der Waals surface area contributed by atoms with Crippen LogP contribution in [0.1, 0.15) is 16.1 Å². The van der Waals surface area contributed by atoms with Crippen molar-refractivity contribution in [2.75, 3.05) is 5.32 Å². The van der Waals surface area contributed by atoms with E-state index in [1.54, 1.807) is 0 Å². The van der Waals surface area contributed by atoms with Gasteiger partial charge in [-0.05, 0) is 70.6 Å². The fourth-order valence-electron chi connectivity index (χ4n) is 3.42. The molecule has 136 valence electrons. The quantitative estimate of drug-likeness (QED) is 0.401. The van der Waals surface area contributed by atoms with Gasteiger partial charge in [0.25, 0.3) is 5.91 Å². The maximum Gasteiger partial charge on any atom is 0.256 e. The van der Waals surface area contributed by atoms with Crippen LogP contribution in [0.4, 0.5) is 5.69 Å². The van der Waals surface area contributed by atoms with Gasteiger partial charge < -0.3 is 5.32 Å². The number of nitrogens with one attached hydrogen (secondary N) is 2. The first-order chi connectivity index (χ1) is 13.7. The van der Waals surface area contributed by atoms with Crippen LogP contribution < -0.4 is 5.32 Å². The molecule has 0 bridgehead atoms. The van der Waals surface area contributed by atoms with E-state index in [0.29, 0.717) is 5.56 Å². The van der Waals surface area contributed by atoms with Gasteiger partial charge in [-0.25, -0.2) is 0 Å². The zero-order valence-electron chi connectivity index (χ0n) is 15.2. The smallest absolute Gasteiger partial charge is 0.256 e. The second-order valence-electron chi connectivity index (χ2n) is 6.81. The normalized spacial score (nSPS) is 11.2. The van der Waals surface area contributed by atoms with Crippen LogP contribution >= 0.6 is 11.3 Å². The zero-order chi connectivity index (χ0) is 19.1. The number of thiophene rings is 1. The highest BCUT2D eigenvalue weighted by molar-refractivity contribution is 7.08. The number of carbonyl (C=O) groups excluding carboxylic acids is 1. The number of fused-ring (bicyclic) bond motifs is 2. The van der Waals surface area contributed by atoms with Gasteiger partial charge in [-0.3, -0.25) is 9.89 Å². The predicted molar refractivity (Wildman–Crippen MR) is 116 cm³/mol. The summed E-state index contributed by atoms with van der Waals surface area (Å²) in [6, 6.07) is 20.6. The minimum atomic E-state index is -0.0824. The molecule has 0 atom stereocenters. The van der Waals surface area contributed by atoms with Crippen LogP contribution in [0.3, 0.4) is 0 Å². The Kier molecular flexibility index (Phi) is 3.95. The molecule has 0 saturated heterocycles. The molecule has 0 aliphatic heterocycles. The first kappa shape index (κ1) is 16.7. The van der Waals surface area contributed by atoms with E-state index < -0.39 is 0 Å². The summed E-state index contributed by atoms with van der Waals surface area (Å²) in [7, 11) is 0. The number of rotatable bonds is 3. The highest BCUT2D eigenvalue weighted by atomic mass is 32.1. The summed E-state index contributed by atoms with van der Waals surface area (Å²) in [5.74, 6) is -0.0824. The van der Waals surface area contributed by atoms with E-state index >= 15 is 0 Å². The Bertz CT molecular complexity index is 1320. The molecule has 5 aromatic rings. The van der Waals surface area contributed by atoms with E-state index in [0.717, 1.165) is 44.2 Å². The minimum Gasteiger partial charge on any atom is -0.322 e. The van der Waals surface area contributed by atoms with E-state index in [1.807, 2.05) is 41.9 Å². The number of amides is 1. The fourth-order valence-corrected chi connectivity index (χ4v) is 4.06. The van der Waals surface area contributed by atoms with Crippen LogP contribution in [0.2, 0.25) is 0 Å². The van der Waals surface area contributed by atoms with Crippen LogP contribution in [0.25, 0.3) is 32.8 Å². The zero-order valence-corrected chi connectivity index (χ0v) is 16.0. The second-order valence-corrected chi connectivity index (χ2v) is 7.59. The third kappa shape index (κ3) is 2.96. The van der Waals surface area contributed by atoms with Gasteiger partial charge in [-0.1, -0.05) is 24.3 Å². The van der Waals surface area contributed by atoms with Crippen molar-refractivity contribution in [3.05, 3.63) is 82.7 Å². The second kappa shape index (κ2) is 6.62. The third-order valence-corrected chi connectivity index (χ3v) is 5.65. The van der Waals surface area contributed by atoms with Gasteiger partial charge in [-0.15, -0.1) is 0 Å². The van der Waals surface area contributed by atoms with Gasteiger partial charge in [0.15, 0.2) is 0 Å². The van der Waals surface area contributed by atoms with Gasteiger partial charge in [0.2, 0.25) is 0 Å². The summed E-state index contributed by atoms with van der Waals surface area (Å²) in [6.45, 7) is 2.01. The Balaban J connectivity index is 1.47. The summed E-state index contributed by atoms with van der Waals surface area (Å²) < 4.78 is 0. The molecule has 0 radical (unpaired) electrons. The number of carbonyl (C=O) groups is 1. The van der Waals surface area contributed by atoms with Crippen LogP contribution in [-0.4, -0.2) is 16.1 Å². The van der Waals surface area contributed by atoms with E-state index in [4.69, 9.17) is 0 Å². The first-order valence-electron chi connectivity index (χ1n) is 9.00. The lowest BCUT2D eigenvalue weighted by Crippen LogP contribution is -2.10. The molecule has 0 spiro atoms. The maximum absolute atomic E-state index is 12.3. The molecule has 4 nitrogen and oxygen atoms in total.